The average Bonchev–Trinajstić information content (AvgIpc) is 4.11. The standard InChI is InChI=1S/C71H49N/c1-69(2)58-35-19-15-31-52(58)55-42-40-51(44-62(55)69)72(50-29-13-6-14-30-50)68-66-56-34-18-22-38-61(56)71(59-36-20-16-32-53(59)54-33-17-21-37-60(54)71)65(66)45-64-67(68)57-41-39-47(46-23-7-3-8-24-46)43-63(57)70(64,48-25-9-4-10-26-48)49-27-11-5-12-28-49/h3-45H,1-2H3. The zero-order valence-electron chi connectivity index (χ0n) is 40.3. The van der Waals surface area contributed by atoms with Crippen LogP contribution < -0.4 is 4.90 Å². The minimum absolute atomic E-state index is 0.199. The van der Waals surface area contributed by atoms with Gasteiger partial charge in [0, 0.05) is 27.9 Å². The first-order valence-electron chi connectivity index (χ1n) is 25.4. The van der Waals surface area contributed by atoms with Crippen LogP contribution in [0.15, 0.2) is 261 Å². The third kappa shape index (κ3) is 5.27. The summed E-state index contributed by atoms with van der Waals surface area (Å²) in [5.41, 5.74) is 27.7. The van der Waals surface area contributed by atoms with Crippen molar-refractivity contribution < 1.29 is 0 Å². The van der Waals surface area contributed by atoms with Gasteiger partial charge < -0.3 is 4.90 Å². The minimum Gasteiger partial charge on any atom is -0.309 e. The van der Waals surface area contributed by atoms with Crippen LogP contribution in [0.25, 0.3) is 55.6 Å². The second-order valence-corrected chi connectivity index (χ2v) is 20.6. The molecule has 0 aromatic heterocycles. The number of benzene rings is 11. The van der Waals surface area contributed by atoms with Crippen molar-refractivity contribution in [2.24, 2.45) is 0 Å². The molecule has 0 saturated carbocycles. The van der Waals surface area contributed by atoms with E-state index in [4.69, 9.17) is 0 Å². The van der Waals surface area contributed by atoms with E-state index < -0.39 is 10.8 Å². The number of hydrogen-bond donors (Lipinski definition) is 0. The van der Waals surface area contributed by atoms with Crippen molar-refractivity contribution in [2.45, 2.75) is 30.1 Å². The Balaban J connectivity index is 1.17. The van der Waals surface area contributed by atoms with Crippen LogP contribution in [0.1, 0.15) is 69.5 Å². The molecule has 1 spiro atoms. The van der Waals surface area contributed by atoms with E-state index >= 15 is 0 Å². The lowest BCUT2D eigenvalue weighted by molar-refractivity contribution is 0.660. The Morgan fingerprint density at radius 1 is 0.264 bits per heavy atom. The Kier molecular flexibility index (Phi) is 8.62. The SMILES string of the molecule is CC1(C)c2ccccc2-c2ccc(N(c3ccccc3)c3c4c(cc5c3-c3ccccc3C53c5ccccc5-c5ccccc53)C(c3ccccc3)(c3ccccc3)c3cc(-c5ccccc5)ccc3-4)cc21. The lowest BCUT2D eigenvalue weighted by Crippen LogP contribution is -2.30. The lowest BCUT2D eigenvalue weighted by atomic mass is 9.65. The number of hydrogen-bond acceptors (Lipinski definition) is 1. The van der Waals surface area contributed by atoms with Gasteiger partial charge in [-0.2, -0.15) is 0 Å². The molecule has 1 heteroatoms. The molecule has 0 bridgehead atoms. The van der Waals surface area contributed by atoms with E-state index in [2.05, 4.69) is 280 Å². The van der Waals surface area contributed by atoms with E-state index in [1.165, 1.54) is 117 Å². The summed E-state index contributed by atoms with van der Waals surface area (Å²) in [6, 6.07) is 98.9. The molecule has 0 amide bonds. The van der Waals surface area contributed by atoms with Gasteiger partial charge in [0.1, 0.15) is 0 Å². The molecule has 4 aliphatic rings. The van der Waals surface area contributed by atoms with Gasteiger partial charge in [-0.05, 0) is 130 Å². The van der Waals surface area contributed by atoms with E-state index in [9.17, 15) is 0 Å². The average molecular weight is 916 g/mol. The van der Waals surface area contributed by atoms with Crippen molar-refractivity contribution in [3.05, 3.63) is 316 Å². The first kappa shape index (κ1) is 41.0. The van der Waals surface area contributed by atoms with Crippen LogP contribution in [0, 0.1) is 0 Å². The summed E-state index contributed by atoms with van der Waals surface area (Å²) in [5, 5.41) is 0. The maximum Gasteiger partial charge on any atom is 0.0726 e. The van der Waals surface area contributed by atoms with E-state index in [0.717, 1.165) is 11.4 Å². The van der Waals surface area contributed by atoms with Gasteiger partial charge >= 0.3 is 0 Å². The Bertz CT molecular complexity index is 3910. The van der Waals surface area contributed by atoms with Gasteiger partial charge in [-0.15, -0.1) is 0 Å². The molecule has 0 saturated heterocycles. The molecular formula is C71H49N. The number of para-hydroxylation sites is 1. The second-order valence-electron chi connectivity index (χ2n) is 20.6. The van der Waals surface area contributed by atoms with Gasteiger partial charge in [0.15, 0.2) is 0 Å². The summed E-state index contributed by atoms with van der Waals surface area (Å²) in [5.74, 6) is 0. The van der Waals surface area contributed by atoms with Gasteiger partial charge in [-0.3, -0.25) is 0 Å². The molecule has 72 heavy (non-hydrogen) atoms. The number of anilines is 3. The van der Waals surface area contributed by atoms with Crippen LogP contribution >= 0.6 is 0 Å². The van der Waals surface area contributed by atoms with Crippen LogP contribution in [0.2, 0.25) is 0 Å². The van der Waals surface area contributed by atoms with Crippen molar-refractivity contribution in [1.29, 1.82) is 0 Å². The Morgan fingerprint density at radius 2 is 0.694 bits per heavy atom. The van der Waals surface area contributed by atoms with Crippen LogP contribution in [-0.2, 0) is 16.2 Å². The van der Waals surface area contributed by atoms with Crippen molar-refractivity contribution in [3.8, 4) is 55.6 Å². The first-order valence-corrected chi connectivity index (χ1v) is 25.4. The van der Waals surface area contributed by atoms with Crippen molar-refractivity contribution in [2.75, 3.05) is 4.90 Å². The molecule has 0 radical (unpaired) electrons. The van der Waals surface area contributed by atoms with Crippen molar-refractivity contribution in [1.82, 2.24) is 0 Å². The summed E-state index contributed by atoms with van der Waals surface area (Å²) < 4.78 is 0. The first-order chi connectivity index (χ1) is 35.5. The van der Waals surface area contributed by atoms with E-state index in [-0.39, 0.29) is 5.41 Å². The molecule has 0 fully saturated rings. The van der Waals surface area contributed by atoms with Gasteiger partial charge in [0.2, 0.25) is 0 Å². The smallest absolute Gasteiger partial charge is 0.0726 e. The zero-order chi connectivity index (χ0) is 47.8. The highest BCUT2D eigenvalue weighted by molar-refractivity contribution is 6.10. The largest absolute Gasteiger partial charge is 0.309 e. The van der Waals surface area contributed by atoms with Gasteiger partial charge in [0.05, 0.1) is 16.5 Å². The molecule has 0 heterocycles. The summed E-state index contributed by atoms with van der Waals surface area (Å²) in [4.78, 5) is 2.64. The van der Waals surface area contributed by atoms with Crippen LogP contribution in [0.5, 0.6) is 0 Å². The Labute approximate surface area is 422 Å². The number of nitrogens with zero attached hydrogens (tertiary/aromatic N) is 1. The van der Waals surface area contributed by atoms with Crippen LogP contribution in [0.4, 0.5) is 17.1 Å². The fourth-order valence-corrected chi connectivity index (χ4v) is 14.0. The van der Waals surface area contributed by atoms with Gasteiger partial charge in [-0.25, -0.2) is 0 Å². The van der Waals surface area contributed by atoms with Gasteiger partial charge in [-0.1, -0.05) is 244 Å². The maximum absolute atomic E-state index is 2.68. The molecule has 1 nitrogen and oxygen atoms in total. The molecule has 11 aromatic rings. The quantitative estimate of drug-likeness (QED) is 0.161. The predicted octanol–water partition coefficient (Wildman–Crippen LogP) is 17.8. The molecular weight excluding hydrogens is 867 g/mol. The van der Waals surface area contributed by atoms with E-state index in [1.807, 2.05) is 0 Å². The lowest BCUT2D eigenvalue weighted by Gasteiger charge is -2.37. The third-order valence-corrected chi connectivity index (χ3v) is 16.9. The molecule has 11 aromatic carbocycles. The minimum atomic E-state index is -0.709. The third-order valence-electron chi connectivity index (χ3n) is 16.9. The number of fused-ring (bicyclic) bond motifs is 16. The predicted molar refractivity (Wildman–Crippen MR) is 298 cm³/mol. The van der Waals surface area contributed by atoms with Gasteiger partial charge in [0.25, 0.3) is 0 Å². The molecule has 0 aliphatic heterocycles. The molecule has 338 valence electrons. The Morgan fingerprint density at radius 3 is 1.29 bits per heavy atom. The molecule has 4 aliphatic carbocycles. The van der Waals surface area contributed by atoms with Crippen molar-refractivity contribution >= 4 is 17.1 Å². The summed E-state index contributed by atoms with van der Waals surface area (Å²) in [6.07, 6.45) is 0. The maximum atomic E-state index is 2.68. The fraction of sp³-hybridized carbons (Fsp3) is 0.0704. The monoisotopic (exact) mass is 915 g/mol. The topological polar surface area (TPSA) is 3.24 Å². The highest BCUT2D eigenvalue weighted by Gasteiger charge is 2.56. The zero-order valence-corrected chi connectivity index (χ0v) is 40.3. The summed E-state index contributed by atoms with van der Waals surface area (Å²) >= 11 is 0. The molecule has 15 rings (SSSR count). The molecule has 0 unspecified atom stereocenters. The van der Waals surface area contributed by atoms with Crippen LogP contribution in [0.3, 0.4) is 0 Å². The fourth-order valence-electron chi connectivity index (χ4n) is 14.0. The summed E-state index contributed by atoms with van der Waals surface area (Å²) in [7, 11) is 0. The van der Waals surface area contributed by atoms with Crippen LogP contribution in [-0.4, -0.2) is 0 Å². The highest BCUT2D eigenvalue weighted by Crippen LogP contribution is 2.70. The second kappa shape index (κ2) is 15.1. The van der Waals surface area contributed by atoms with E-state index in [0.29, 0.717) is 0 Å². The Hall–Kier alpha value is -8.78. The molecule has 0 N–H and O–H groups in total. The summed E-state index contributed by atoms with van der Waals surface area (Å²) in [6.45, 7) is 4.80. The number of rotatable bonds is 6. The van der Waals surface area contributed by atoms with E-state index in [1.54, 1.807) is 0 Å². The molecule has 0 atom stereocenters. The normalized spacial score (nSPS) is 14.9. The highest BCUT2D eigenvalue weighted by atomic mass is 15.2. The van der Waals surface area contributed by atoms with Crippen molar-refractivity contribution in [3.63, 3.8) is 0 Å².